The number of guanidine groups is 1. The fourth-order valence-electron chi connectivity index (χ4n) is 4.29. The Morgan fingerprint density at radius 2 is 2.08 bits per heavy atom. The zero-order chi connectivity index (χ0) is 16.8. The van der Waals surface area contributed by atoms with E-state index in [1.807, 2.05) is 7.05 Å². The second-order valence-electron chi connectivity index (χ2n) is 7.68. The Morgan fingerprint density at radius 3 is 2.72 bits per heavy atom. The zero-order valence-electron chi connectivity index (χ0n) is 15.8. The number of likely N-dealkylation sites (tertiary alicyclic amines) is 2. The van der Waals surface area contributed by atoms with E-state index in [9.17, 15) is 0 Å². The molecule has 0 saturated carbocycles. The van der Waals surface area contributed by atoms with E-state index in [1.165, 1.54) is 38.8 Å². The minimum absolute atomic E-state index is 0. The standard InChI is InChI=1S/C18H34N4O2.HI/c1-19-17(22-9-5-18(14-22)6-11-24-15-18)20-13-16-3-7-21(8-4-16)10-12-23-2;/h16H,3-15H2,1-2H3,(H,19,20);1H. The molecule has 0 radical (unpaired) electrons. The molecule has 0 aromatic heterocycles. The van der Waals surface area contributed by atoms with Crippen LogP contribution < -0.4 is 5.32 Å². The van der Waals surface area contributed by atoms with E-state index >= 15 is 0 Å². The molecule has 3 rings (SSSR count). The average Bonchev–Trinajstić information content (AvgIpc) is 3.25. The van der Waals surface area contributed by atoms with Gasteiger partial charge in [0.1, 0.15) is 0 Å². The van der Waals surface area contributed by atoms with Crippen LogP contribution in [0.4, 0.5) is 0 Å². The summed E-state index contributed by atoms with van der Waals surface area (Å²) >= 11 is 0. The van der Waals surface area contributed by atoms with Gasteiger partial charge in [-0.1, -0.05) is 0 Å². The topological polar surface area (TPSA) is 49.3 Å². The van der Waals surface area contributed by atoms with Gasteiger partial charge in [-0.05, 0) is 44.7 Å². The quantitative estimate of drug-likeness (QED) is 0.380. The van der Waals surface area contributed by atoms with Crippen molar-refractivity contribution in [3.8, 4) is 0 Å². The summed E-state index contributed by atoms with van der Waals surface area (Å²) in [7, 11) is 3.69. The number of nitrogens with zero attached hydrogens (tertiary/aromatic N) is 3. The highest BCUT2D eigenvalue weighted by atomic mass is 127. The Hall–Kier alpha value is -0.120. The maximum absolute atomic E-state index is 5.64. The van der Waals surface area contributed by atoms with Crippen LogP contribution in [0, 0.1) is 11.3 Å². The van der Waals surface area contributed by atoms with Gasteiger partial charge in [-0.15, -0.1) is 24.0 Å². The normalized spacial score (nSPS) is 28.6. The van der Waals surface area contributed by atoms with Gasteiger partial charge in [-0.25, -0.2) is 0 Å². The van der Waals surface area contributed by atoms with Crippen molar-refractivity contribution in [3.05, 3.63) is 0 Å². The maximum atomic E-state index is 5.64. The van der Waals surface area contributed by atoms with Gasteiger partial charge in [0.2, 0.25) is 0 Å². The number of piperidine rings is 1. The van der Waals surface area contributed by atoms with Crippen LogP contribution in [-0.4, -0.2) is 89.0 Å². The lowest BCUT2D eigenvalue weighted by Crippen LogP contribution is -2.45. The summed E-state index contributed by atoms with van der Waals surface area (Å²) in [5.41, 5.74) is 0.393. The van der Waals surface area contributed by atoms with E-state index < -0.39 is 0 Å². The second kappa shape index (κ2) is 10.3. The van der Waals surface area contributed by atoms with Crippen molar-refractivity contribution in [1.29, 1.82) is 0 Å². The van der Waals surface area contributed by atoms with Gasteiger partial charge < -0.3 is 24.6 Å². The van der Waals surface area contributed by atoms with Crippen molar-refractivity contribution in [2.75, 3.05) is 73.2 Å². The molecule has 1 unspecified atom stereocenters. The van der Waals surface area contributed by atoms with Gasteiger partial charge in [0.05, 0.1) is 13.2 Å². The van der Waals surface area contributed by atoms with Gasteiger partial charge in [-0.2, -0.15) is 0 Å². The predicted molar refractivity (Wildman–Crippen MR) is 112 cm³/mol. The molecule has 1 spiro atoms. The molecule has 7 heteroatoms. The van der Waals surface area contributed by atoms with E-state index in [1.54, 1.807) is 7.11 Å². The fourth-order valence-corrected chi connectivity index (χ4v) is 4.29. The molecule has 1 N–H and O–H groups in total. The van der Waals surface area contributed by atoms with Crippen LogP contribution >= 0.6 is 24.0 Å². The molecule has 0 aliphatic carbocycles. The lowest BCUT2D eigenvalue weighted by atomic mass is 9.87. The van der Waals surface area contributed by atoms with Crippen LogP contribution in [0.25, 0.3) is 0 Å². The van der Waals surface area contributed by atoms with Gasteiger partial charge in [0.15, 0.2) is 5.96 Å². The molecular formula is C18H35IN4O2. The molecule has 3 heterocycles. The van der Waals surface area contributed by atoms with Crippen LogP contribution in [0.5, 0.6) is 0 Å². The third-order valence-electron chi connectivity index (χ3n) is 6.00. The van der Waals surface area contributed by atoms with E-state index in [0.717, 1.165) is 57.9 Å². The number of nitrogens with one attached hydrogen (secondary N) is 1. The average molecular weight is 466 g/mol. The number of halogens is 1. The monoisotopic (exact) mass is 466 g/mol. The Labute approximate surface area is 169 Å². The summed E-state index contributed by atoms with van der Waals surface area (Å²) in [5, 5.41) is 3.64. The van der Waals surface area contributed by atoms with E-state index in [2.05, 4.69) is 20.1 Å². The summed E-state index contributed by atoms with van der Waals surface area (Å²) in [6.07, 6.45) is 4.99. The molecule has 0 aromatic rings. The molecule has 0 bridgehead atoms. The third kappa shape index (κ3) is 5.68. The first kappa shape index (κ1) is 21.2. The van der Waals surface area contributed by atoms with Crippen molar-refractivity contribution in [1.82, 2.24) is 15.1 Å². The minimum Gasteiger partial charge on any atom is -0.383 e. The van der Waals surface area contributed by atoms with Crippen LogP contribution in [0.15, 0.2) is 4.99 Å². The maximum Gasteiger partial charge on any atom is 0.193 e. The summed E-state index contributed by atoms with van der Waals surface area (Å²) in [4.78, 5) is 9.47. The van der Waals surface area contributed by atoms with Gasteiger partial charge >= 0.3 is 0 Å². The highest BCUT2D eigenvalue weighted by Crippen LogP contribution is 2.38. The van der Waals surface area contributed by atoms with Crippen LogP contribution in [0.1, 0.15) is 25.7 Å². The molecule has 25 heavy (non-hydrogen) atoms. The van der Waals surface area contributed by atoms with Gasteiger partial charge in [-0.3, -0.25) is 4.99 Å². The summed E-state index contributed by atoms with van der Waals surface area (Å²) in [6.45, 7) is 9.41. The summed E-state index contributed by atoms with van der Waals surface area (Å²) in [6, 6.07) is 0. The smallest absolute Gasteiger partial charge is 0.193 e. The van der Waals surface area contributed by atoms with E-state index in [0.29, 0.717) is 5.41 Å². The van der Waals surface area contributed by atoms with Crippen molar-refractivity contribution < 1.29 is 9.47 Å². The van der Waals surface area contributed by atoms with Crippen LogP contribution in [-0.2, 0) is 9.47 Å². The first-order valence-electron chi connectivity index (χ1n) is 9.49. The number of methoxy groups -OCH3 is 1. The van der Waals surface area contributed by atoms with Crippen LogP contribution in [0.2, 0.25) is 0 Å². The summed E-state index contributed by atoms with van der Waals surface area (Å²) in [5.74, 6) is 1.84. The Bertz CT molecular complexity index is 421. The number of aliphatic imine (C=N–C) groups is 1. The zero-order valence-corrected chi connectivity index (χ0v) is 18.2. The van der Waals surface area contributed by atoms with Gasteiger partial charge in [0, 0.05) is 52.4 Å². The largest absolute Gasteiger partial charge is 0.383 e. The molecule has 1 atom stereocenters. The lowest BCUT2D eigenvalue weighted by molar-refractivity contribution is 0.120. The third-order valence-corrected chi connectivity index (χ3v) is 6.00. The first-order valence-corrected chi connectivity index (χ1v) is 9.49. The molecule has 0 aromatic carbocycles. The number of hydrogen-bond donors (Lipinski definition) is 1. The number of hydrogen-bond acceptors (Lipinski definition) is 4. The highest BCUT2D eigenvalue weighted by Gasteiger charge is 2.42. The van der Waals surface area contributed by atoms with E-state index in [-0.39, 0.29) is 24.0 Å². The number of rotatable bonds is 5. The predicted octanol–water partition coefficient (Wildman–Crippen LogP) is 1.65. The second-order valence-corrected chi connectivity index (χ2v) is 7.68. The molecule has 3 saturated heterocycles. The molecule has 146 valence electrons. The Morgan fingerprint density at radius 1 is 1.28 bits per heavy atom. The van der Waals surface area contributed by atoms with Gasteiger partial charge in [0.25, 0.3) is 0 Å². The van der Waals surface area contributed by atoms with E-state index in [4.69, 9.17) is 9.47 Å². The molecule has 6 nitrogen and oxygen atoms in total. The van der Waals surface area contributed by atoms with Crippen LogP contribution in [0.3, 0.4) is 0 Å². The Kier molecular flexibility index (Phi) is 8.71. The fraction of sp³-hybridized carbons (Fsp3) is 0.944. The first-order chi connectivity index (χ1) is 11.7. The summed E-state index contributed by atoms with van der Waals surface area (Å²) < 4.78 is 10.8. The lowest BCUT2D eigenvalue weighted by Gasteiger charge is -2.32. The van der Waals surface area contributed by atoms with Crippen molar-refractivity contribution in [2.24, 2.45) is 16.3 Å². The minimum atomic E-state index is 0. The Balaban J connectivity index is 0.00000225. The SMILES string of the molecule is CN=C(NCC1CCN(CCOC)CC1)N1CCC2(CCOC2)C1.I. The highest BCUT2D eigenvalue weighted by molar-refractivity contribution is 14.0. The van der Waals surface area contributed by atoms with Crippen molar-refractivity contribution in [2.45, 2.75) is 25.7 Å². The molecule has 3 aliphatic rings. The molecular weight excluding hydrogens is 431 g/mol. The van der Waals surface area contributed by atoms with Crippen molar-refractivity contribution >= 4 is 29.9 Å². The molecule has 3 fully saturated rings. The number of ether oxygens (including phenoxy) is 2. The molecule has 3 aliphatic heterocycles. The van der Waals surface area contributed by atoms with Crippen molar-refractivity contribution in [3.63, 3.8) is 0 Å². The molecule has 0 amide bonds.